The van der Waals surface area contributed by atoms with Crippen molar-refractivity contribution in [1.29, 1.82) is 0 Å². The molecule has 1 unspecified atom stereocenters. The molecule has 6 rings (SSSR count). The summed E-state index contributed by atoms with van der Waals surface area (Å²) in [5, 5.41) is 0. The molecule has 0 radical (unpaired) electrons. The third-order valence-corrected chi connectivity index (χ3v) is 7.91. The van der Waals surface area contributed by atoms with Crippen molar-refractivity contribution in [2.45, 2.75) is 31.7 Å². The highest BCUT2D eigenvalue weighted by Gasteiger charge is 2.46. The fourth-order valence-electron chi connectivity index (χ4n) is 5.96. The fraction of sp³-hybridized carbons (Fsp3) is 0.346. The first-order valence-corrected chi connectivity index (χ1v) is 11.9. The molecule has 0 saturated carbocycles. The monoisotopic (exact) mass is 455 g/mol. The van der Waals surface area contributed by atoms with Crippen molar-refractivity contribution < 1.29 is 4.79 Å². The van der Waals surface area contributed by atoms with E-state index in [1.165, 1.54) is 11.1 Å². The number of hydrogen-bond acceptors (Lipinski definition) is 7. The Kier molecular flexibility index (Phi) is 4.74. The van der Waals surface area contributed by atoms with Gasteiger partial charge in [-0.25, -0.2) is 9.97 Å². The summed E-state index contributed by atoms with van der Waals surface area (Å²) in [4.78, 5) is 26.1. The number of amides is 1. The number of hydrogen-bond donors (Lipinski definition) is 3. The third kappa shape index (κ3) is 3.20. The minimum absolute atomic E-state index is 0.0701. The van der Waals surface area contributed by atoms with Gasteiger partial charge in [0, 0.05) is 37.1 Å². The number of nitrogens with two attached hydrogens (primary N) is 3. The Morgan fingerprint density at radius 1 is 1.03 bits per heavy atom. The Hall–Kier alpha value is -3.65. The maximum Gasteiger partial charge on any atom is 0.280 e. The molecule has 0 bridgehead atoms. The summed E-state index contributed by atoms with van der Waals surface area (Å²) in [5.74, 6) is 0.645. The van der Waals surface area contributed by atoms with E-state index in [0.29, 0.717) is 18.1 Å². The van der Waals surface area contributed by atoms with Gasteiger partial charge in [-0.3, -0.25) is 4.79 Å². The molecule has 8 heteroatoms. The molecule has 1 spiro atoms. The van der Waals surface area contributed by atoms with Crippen molar-refractivity contribution in [3.8, 4) is 0 Å². The molecule has 2 aromatic carbocycles. The first-order chi connectivity index (χ1) is 16.4. The average molecular weight is 456 g/mol. The minimum atomic E-state index is -0.229. The van der Waals surface area contributed by atoms with Gasteiger partial charge < -0.3 is 27.0 Å². The summed E-state index contributed by atoms with van der Waals surface area (Å²) in [5.41, 5.74) is 24.4. The van der Waals surface area contributed by atoms with E-state index in [1.54, 1.807) is 17.2 Å². The second-order valence-corrected chi connectivity index (χ2v) is 9.76. The molecule has 1 aromatic heterocycles. The van der Waals surface area contributed by atoms with E-state index in [9.17, 15) is 4.79 Å². The van der Waals surface area contributed by atoms with Gasteiger partial charge in [-0.2, -0.15) is 0 Å². The lowest BCUT2D eigenvalue weighted by Gasteiger charge is -2.42. The minimum Gasteiger partial charge on any atom is -0.399 e. The smallest absolute Gasteiger partial charge is 0.280 e. The Morgan fingerprint density at radius 3 is 2.59 bits per heavy atom. The molecule has 8 nitrogen and oxygen atoms in total. The van der Waals surface area contributed by atoms with Gasteiger partial charge in [0.2, 0.25) is 0 Å². The number of nitrogen functional groups attached to an aromatic ring is 2. The highest BCUT2D eigenvalue weighted by atomic mass is 16.2. The van der Waals surface area contributed by atoms with Gasteiger partial charge in [0.15, 0.2) is 11.5 Å². The van der Waals surface area contributed by atoms with E-state index >= 15 is 0 Å². The molecule has 6 N–H and O–H groups in total. The summed E-state index contributed by atoms with van der Waals surface area (Å²) in [6.07, 6.45) is 5.43. The van der Waals surface area contributed by atoms with Crippen LogP contribution in [0.1, 0.15) is 46.1 Å². The summed E-state index contributed by atoms with van der Waals surface area (Å²) >= 11 is 0. The molecule has 1 fully saturated rings. The lowest BCUT2D eigenvalue weighted by Crippen LogP contribution is -2.44. The van der Waals surface area contributed by atoms with Crippen LogP contribution in [0.5, 0.6) is 0 Å². The van der Waals surface area contributed by atoms with E-state index in [4.69, 9.17) is 17.2 Å². The number of benzene rings is 2. The molecule has 3 heterocycles. The number of aromatic nitrogens is 2. The van der Waals surface area contributed by atoms with Crippen molar-refractivity contribution in [3.63, 3.8) is 0 Å². The predicted octanol–water partition coefficient (Wildman–Crippen LogP) is 2.69. The maximum absolute atomic E-state index is 13.2. The lowest BCUT2D eigenvalue weighted by molar-refractivity contribution is 0.0985. The van der Waals surface area contributed by atoms with Gasteiger partial charge in [-0.05, 0) is 66.0 Å². The third-order valence-electron chi connectivity index (χ3n) is 7.91. The standard InChI is InChI=1S/C26H29N7O/c27-18-5-6-20-16(13-18)7-10-33(20)25(34)22-24(29)31-21(15-30-22)32-11-8-26(9-12-32)14-17-3-1-2-4-19(17)23(26)28/h1-6,13,15,23H,7-12,14,27-28H2,(H2,29,31). The zero-order valence-electron chi connectivity index (χ0n) is 19.1. The second kappa shape index (κ2) is 7.70. The number of carbonyl (C=O) groups is 1. The van der Waals surface area contributed by atoms with E-state index in [-0.39, 0.29) is 28.9 Å². The maximum atomic E-state index is 13.2. The molecule has 1 saturated heterocycles. The van der Waals surface area contributed by atoms with Crippen LogP contribution in [0.2, 0.25) is 0 Å². The van der Waals surface area contributed by atoms with Crippen molar-refractivity contribution >= 4 is 28.9 Å². The molecular formula is C26H29N7O. The van der Waals surface area contributed by atoms with E-state index in [1.807, 2.05) is 12.1 Å². The van der Waals surface area contributed by atoms with Crippen LogP contribution in [0.15, 0.2) is 48.7 Å². The summed E-state index contributed by atoms with van der Waals surface area (Å²) in [6, 6.07) is 14.2. The van der Waals surface area contributed by atoms with Crippen molar-refractivity contribution in [2.75, 3.05) is 40.9 Å². The number of rotatable bonds is 2. The van der Waals surface area contributed by atoms with Crippen molar-refractivity contribution in [1.82, 2.24) is 9.97 Å². The molecule has 1 atom stereocenters. The van der Waals surface area contributed by atoms with Gasteiger partial charge in [0.1, 0.15) is 5.82 Å². The number of carbonyl (C=O) groups excluding carboxylic acids is 1. The van der Waals surface area contributed by atoms with Gasteiger partial charge >= 0.3 is 0 Å². The molecule has 1 amide bonds. The number of piperidine rings is 1. The van der Waals surface area contributed by atoms with E-state index in [2.05, 4.69) is 39.1 Å². The van der Waals surface area contributed by atoms with Crippen LogP contribution < -0.4 is 27.0 Å². The molecular weight excluding hydrogens is 426 g/mol. The van der Waals surface area contributed by atoms with Crippen LogP contribution in [-0.2, 0) is 12.8 Å². The SMILES string of the molecule is Nc1ccc2c(c1)CCN2C(=O)c1ncc(N2CCC3(CC2)Cc2ccccc2C3N)nc1N. The van der Waals surface area contributed by atoms with Crippen LogP contribution >= 0.6 is 0 Å². The first-order valence-electron chi connectivity index (χ1n) is 11.9. The van der Waals surface area contributed by atoms with Gasteiger partial charge in [0.25, 0.3) is 5.91 Å². The van der Waals surface area contributed by atoms with Crippen LogP contribution in [0.3, 0.4) is 0 Å². The molecule has 2 aliphatic heterocycles. The summed E-state index contributed by atoms with van der Waals surface area (Å²) in [7, 11) is 0. The van der Waals surface area contributed by atoms with Gasteiger partial charge in [-0.15, -0.1) is 0 Å². The molecule has 3 aliphatic rings. The van der Waals surface area contributed by atoms with Crippen LogP contribution in [-0.4, -0.2) is 35.5 Å². The van der Waals surface area contributed by atoms with Crippen LogP contribution in [0.4, 0.5) is 23.0 Å². The van der Waals surface area contributed by atoms with E-state index < -0.39 is 0 Å². The van der Waals surface area contributed by atoms with Gasteiger partial charge in [-0.1, -0.05) is 24.3 Å². The molecule has 1 aliphatic carbocycles. The van der Waals surface area contributed by atoms with Crippen molar-refractivity contribution in [3.05, 3.63) is 71.0 Å². The first kappa shape index (κ1) is 20.9. The van der Waals surface area contributed by atoms with Crippen molar-refractivity contribution in [2.24, 2.45) is 11.1 Å². The topological polar surface area (TPSA) is 127 Å². The molecule has 34 heavy (non-hydrogen) atoms. The second-order valence-electron chi connectivity index (χ2n) is 9.76. The number of fused-ring (bicyclic) bond motifs is 2. The quantitative estimate of drug-likeness (QED) is 0.507. The zero-order valence-corrected chi connectivity index (χ0v) is 19.1. The molecule has 3 aromatic rings. The molecule has 174 valence electrons. The Bertz CT molecular complexity index is 1280. The summed E-state index contributed by atoms with van der Waals surface area (Å²) < 4.78 is 0. The normalized spacial score (nSPS) is 20.4. The largest absolute Gasteiger partial charge is 0.399 e. The highest BCUT2D eigenvalue weighted by molar-refractivity contribution is 6.08. The predicted molar refractivity (Wildman–Crippen MR) is 134 cm³/mol. The van der Waals surface area contributed by atoms with Crippen LogP contribution in [0.25, 0.3) is 0 Å². The number of anilines is 4. The zero-order chi connectivity index (χ0) is 23.4. The Balaban J connectivity index is 1.17. The highest BCUT2D eigenvalue weighted by Crippen LogP contribution is 2.50. The number of nitrogens with zero attached hydrogens (tertiary/aromatic N) is 4. The summed E-state index contributed by atoms with van der Waals surface area (Å²) in [6.45, 7) is 2.26. The fourth-order valence-corrected chi connectivity index (χ4v) is 5.96. The van der Waals surface area contributed by atoms with E-state index in [0.717, 1.165) is 50.0 Å². The lowest BCUT2D eigenvalue weighted by atomic mass is 9.73. The Labute approximate surface area is 198 Å². The van der Waals surface area contributed by atoms with Gasteiger partial charge in [0.05, 0.1) is 6.20 Å². The Morgan fingerprint density at radius 2 is 1.82 bits per heavy atom. The van der Waals surface area contributed by atoms with Crippen LogP contribution in [0, 0.1) is 5.41 Å². The average Bonchev–Trinajstić information content (AvgIpc) is 3.38.